The number of nitrogens with two attached hydrogens (primary N) is 1. The summed E-state index contributed by atoms with van der Waals surface area (Å²) in [7, 11) is 0. The van der Waals surface area contributed by atoms with E-state index in [9.17, 15) is 43.8 Å². The molecule has 26 heteroatoms. The standard InChI is InChI=1S/C34H36ClN5O4.C34H35ClN4O4.C28H28ClN3O.C4H9NO/c1-21-18-39(22(2)17-38(21)31(23-9-5-3-6-10-23)24-11-7-4-8-12-24)33(43)27-15-26-28(20-40(36)30(26)16-29(27)35)32(42)34(44)37-14-13-25(41)19-37;1-21-19-39(22(2)18-38(21)31(23-9-5-3-6-10-23)24-11-7-4-8-12-24)33(42)27-15-26-28(17-36-30(26)16-29(27)35)32(41)34(43)37-14-13-25(40)20-37;1-19-18-32(28(33)24-15-23-13-14-30-26(23)16-25(24)29)20(2)17-31(19)27(21-9-5-3-6-10-21)22-11-7-4-8-12-22;6-4-1-2-5-3-4/h3-12,15-16,20-22,25,31,41H,13-14,17-19,36H2,1-2H3;3-12,15-17,21-22,25,31,36,40H,13-14,18-20H2,1-2H3;3-16,19-20,27,30H,17-18H2,1-2H3;4-6H,1-3H2/t2*21-,22+,25+;19-,20+;4-/m0001/s1. The first-order chi connectivity index (χ1) is 60.8. The van der Waals surface area contributed by atoms with Crippen molar-refractivity contribution in [2.45, 2.75) is 133 Å². The minimum Gasteiger partial charge on any atom is -0.392 e. The Bertz CT molecular complexity index is 5750. The fraction of sp³-hybridized carbons (Fsp3) is 0.330. The summed E-state index contributed by atoms with van der Waals surface area (Å²) >= 11 is 19.8. The van der Waals surface area contributed by atoms with Crippen LogP contribution in [0.4, 0.5) is 0 Å². The number of fused-ring (bicyclic) bond motifs is 3. The van der Waals surface area contributed by atoms with Crippen molar-refractivity contribution in [1.82, 2.24) is 59.2 Å². The Labute approximate surface area is 749 Å². The SMILES string of the molecule is C[C@@H]1CN(C(c2ccccc2)c2ccccc2)[C@@H](C)CN1C(=O)c1cc2c(C(=O)C(=O)N3CC[C@@H](O)C3)c[nH]c2cc1Cl.C[C@@H]1CN(C(c2ccccc2)c2ccccc2)[C@@H](C)CN1C(=O)c1cc2c(C(=O)C(=O)N3CC[C@@H](O)C3)cn(N)c2cc1Cl.C[C@@H]1CN(C(c2ccccc2)c2ccccc2)[C@@H](C)CN1C(=O)c1cc2cc[nH]c2cc1Cl.O[C@@H]1CCNC1. The lowest BCUT2D eigenvalue weighted by Gasteiger charge is -2.47. The number of piperazine rings is 3. The van der Waals surface area contributed by atoms with Gasteiger partial charge in [0.25, 0.3) is 41.1 Å². The molecule has 9 aromatic carbocycles. The number of nitrogen functional groups attached to an aromatic ring is 1. The lowest BCUT2D eigenvalue weighted by atomic mass is 9.93. The van der Waals surface area contributed by atoms with Crippen LogP contribution in [0.3, 0.4) is 0 Å². The van der Waals surface area contributed by atoms with E-state index < -0.39 is 35.6 Å². The summed E-state index contributed by atoms with van der Waals surface area (Å²) in [6.07, 6.45) is 5.21. The Balaban J connectivity index is 0.000000142. The third-order valence-corrected chi connectivity index (χ3v) is 26.3. The zero-order chi connectivity index (χ0) is 88.7. The fourth-order valence-electron chi connectivity index (χ4n) is 18.7. The van der Waals surface area contributed by atoms with E-state index in [-0.39, 0.29) is 118 Å². The number of ketones is 2. The Morgan fingerprint density at radius 1 is 0.381 bits per heavy atom. The summed E-state index contributed by atoms with van der Waals surface area (Å²) in [5.41, 5.74) is 10.6. The lowest BCUT2D eigenvalue weighted by Crippen LogP contribution is -2.58. The normalized spacial score (nSPS) is 21.2. The highest BCUT2D eigenvalue weighted by Gasteiger charge is 2.43. The number of aromatic nitrogens is 3. The molecule has 654 valence electrons. The van der Waals surface area contributed by atoms with Gasteiger partial charge in [-0.3, -0.25) is 52.9 Å². The number of amides is 5. The van der Waals surface area contributed by atoms with Gasteiger partial charge in [0.1, 0.15) is 0 Å². The number of aliphatic hydroxyl groups is 3. The highest BCUT2D eigenvalue weighted by Crippen LogP contribution is 2.40. The predicted molar refractivity (Wildman–Crippen MR) is 494 cm³/mol. The van der Waals surface area contributed by atoms with Crippen LogP contribution in [-0.2, 0) is 9.59 Å². The molecule has 12 aromatic rings. The molecule has 3 aromatic heterocycles. The molecule has 0 spiro atoms. The minimum absolute atomic E-state index is 0.00178. The maximum Gasteiger partial charge on any atom is 0.295 e. The van der Waals surface area contributed by atoms with Crippen molar-refractivity contribution < 1.29 is 48.9 Å². The number of nitrogens with zero attached hydrogens (tertiary/aromatic N) is 9. The van der Waals surface area contributed by atoms with E-state index >= 15 is 0 Å². The molecular weight excluding hydrogens is 1650 g/mol. The Morgan fingerprint density at radius 2 is 0.738 bits per heavy atom. The molecule has 9 atom stereocenters. The number of hydrogen-bond donors (Lipinski definition) is 7. The highest BCUT2D eigenvalue weighted by molar-refractivity contribution is 6.46. The van der Waals surface area contributed by atoms with Gasteiger partial charge in [0.2, 0.25) is 0 Å². The molecule has 18 rings (SSSR count). The highest BCUT2D eigenvalue weighted by atomic mass is 35.5. The first kappa shape index (κ1) is 89.5. The van der Waals surface area contributed by atoms with Gasteiger partial charge in [-0.25, -0.2) is 0 Å². The maximum absolute atomic E-state index is 14.1. The molecule has 6 aliphatic heterocycles. The number of aliphatic hydroxyl groups excluding tert-OH is 3. The molecule has 126 heavy (non-hydrogen) atoms. The van der Waals surface area contributed by atoms with Gasteiger partial charge in [0.15, 0.2) is 0 Å². The summed E-state index contributed by atoms with van der Waals surface area (Å²) in [5, 5.41) is 34.2. The van der Waals surface area contributed by atoms with Gasteiger partial charge in [0.05, 0.1) is 84.8 Å². The number of nitrogens with one attached hydrogen (secondary N) is 3. The maximum atomic E-state index is 14.1. The summed E-state index contributed by atoms with van der Waals surface area (Å²) in [6, 6.07) is 75.3. The third-order valence-electron chi connectivity index (χ3n) is 25.4. The van der Waals surface area contributed by atoms with E-state index in [2.05, 4.69) is 191 Å². The smallest absolute Gasteiger partial charge is 0.295 e. The number of likely N-dealkylation sites (tertiary alicyclic amines) is 2. The van der Waals surface area contributed by atoms with Crippen LogP contribution >= 0.6 is 34.8 Å². The molecule has 8 N–H and O–H groups in total. The first-order valence-electron chi connectivity index (χ1n) is 43.4. The van der Waals surface area contributed by atoms with Crippen molar-refractivity contribution in [2.24, 2.45) is 0 Å². The van der Waals surface area contributed by atoms with Crippen molar-refractivity contribution in [3.05, 3.63) is 319 Å². The molecule has 0 aliphatic carbocycles. The lowest BCUT2D eigenvalue weighted by molar-refractivity contribution is -0.126. The fourth-order valence-corrected chi connectivity index (χ4v) is 19.5. The molecule has 6 aliphatic rings. The first-order valence-corrected chi connectivity index (χ1v) is 44.5. The number of halogens is 3. The van der Waals surface area contributed by atoms with Gasteiger partial charge in [-0.15, -0.1) is 0 Å². The van der Waals surface area contributed by atoms with Crippen LogP contribution in [0.15, 0.2) is 243 Å². The quantitative estimate of drug-likeness (QED) is 0.0269. The number of carbonyl (C=O) groups excluding carboxylic acids is 7. The van der Waals surface area contributed by atoms with Gasteiger partial charge in [-0.1, -0.05) is 217 Å². The average Bonchev–Trinajstić information content (AvgIpc) is 1.50. The number of rotatable bonds is 16. The molecular formula is C100H108Cl3N13O10. The van der Waals surface area contributed by atoms with Gasteiger partial charge < -0.3 is 60.9 Å². The third kappa shape index (κ3) is 19.5. The number of Topliss-reactive ketones (excluding diaryl/α,β-unsaturated/α-hetero) is 2. The topological polar surface area (TPSA) is 281 Å². The van der Waals surface area contributed by atoms with Crippen LogP contribution in [0.25, 0.3) is 32.7 Å². The number of carbonyl (C=O) groups is 7. The zero-order valence-electron chi connectivity index (χ0n) is 71.6. The van der Waals surface area contributed by atoms with E-state index in [0.717, 1.165) is 37.0 Å². The summed E-state index contributed by atoms with van der Waals surface area (Å²) in [5.74, 6) is 2.90. The van der Waals surface area contributed by atoms with Crippen LogP contribution in [0.2, 0.25) is 15.1 Å². The second kappa shape index (κ2) is 39.7. The van der Waals surface area contributed by atoms with Crippen LogP contribution in [0.1, 0.15) is 164 Å². The molecule has 6 saturated heterocycles. The number of β-amino-alcohol motifs (C(OH)–C–C–N with tert-alkyl or cyclic N) is 3. The Morgan fingerprint density at radius 3 is 1.09 bits per heavy atom. The average molecular weight is 1760 g/mol. The molecule has 6 fully saturated rings. The van der Waals surface area contributed by atoms with Crippen molar-refractivity contribution in [1.29, 1.82) is 0 Å². The van der Waals surface area contributed by atoms with Crippen LogP contribution < -0.4 is 11.2 Å². The summed E-state index contributed by atoms with van der Waals surface area (Å²) in [4.78, 5) is 116. The monoisotopic (exact) mass is 1760 g/mol. The zero-order valence-corrected chi connectivity index (χ0v) is 73.8. The van der Waals surface area contributed by atoms with E-state index in [1.54, 1.807) is 24.3 Å². The molecule has 23 nitrogen and oxygen atoms in total. The van der Waals surface area contributed by atoms with Crippen LogP contribution in [0, 0.1) is 0 Å². The van der Waals surface area contributed by atoms with E-state index in [0.29, 0.717) is 96.6 Å². The Hall–Kier alpha value is -11.3. The van der Waals surface area contributed by atoms with Crippen molar-refractivity contribution >= 4 is 109 Å². The number of H-pyrrole nitrogens is 2. The van der Waals surface area contributed by atoms with Gasteiger partial charge >= 0.3 is 0 Å². The largest absolute Gasteiger partial charge is 0.392 e. The molecule has 0 bridgehead atoms. The molecule has 9 heterocycles. The number of benzene rings is 9. The number of hydrogen-bond acceptors (Lipinski definition) is 15. The Kier molecular flexibility index (Phi) is 28.2. The van der Waals surface area contributed by atoms with Crippen molar-refractivity contribution in [3.63, 3.8) is 0 Å². The van der Waals surface area contributed by atoms with Crippen molar-refractivity contribution in [2.75, 3.05) is 84.4 Å². The number of aromatic amines is 2. The second-order valence-electron chi connectivity index (χ2n) is 34.2. The van der Waals surface area contributed by atoms with Crippen molar-refractivity contribution in [3.8, 4) is 0 Å². The molecule has 0 unspecified atom stereocenters. The second-order valence-corrected chi connectivity index (χ2v) is 35.4. The summed E-state index contributed by atoms with van der Waals surface area (Å²) in [6.45, 7) is 19.1. The summed E-state index contributed by atoms with van der Waals surface area (Å²) < 4.78 is 1.24. The molecule has 0 saturated carbocycles. The van der Waals surface area contributed by atoms with E-state index in [1.165, 1.54) is 60.3 Å². The van der Waals surface area contributed by atoms with Gasteiger partial charge in [0, 0.05) is 154 Å². The predicted octanol–water partition coefficient (Wildman–Crippen LogP) is 14.5. The van der Waals surface area contributed by atoms with Crippen LogP contribution in [-0.4, -0.2) is 243 Å². The van der Waals surface area contributed by atoms with Gasteiger partial charge in [-0.2, -0.15) is 0 Å². The van der Waals surface area contributed by atoms with Gasteiger partial charge in [-0.05, 0) is 143 Å². The van der Waals surface area contributed by atoms with Crippen LogP contribution in [0.5, 0.6) is 0 Å². The molecule has 0 radical (unpaired) electrons. The molecule has 5 amide bonds. The minimum atomic E-state index is -0.738. The van der Waals surface area contributed by atoms with E-state index in [1.807, 2.05) is 101 Å². The van der Waals surface area contributed by atoms with E-state index in [4.69, 9.17) is 45.8 Å².